The van der Waals surface area contributed by atoms with E-state index < -0.39 is 5.92 Å². The van der Waals surface area contributed by atoms with Gasteiger partial charge in [0.1, 0.15) is 5.01 Å². The fraction of sp³-hybridized carbons (Fsp3) is 0.389. The maximum Gasteiger partial charge on any atom is 0.290 e. The molecule has 0 aliphatic carbocycles. The first-order valence-corrected chi connectivity index (χ1v) is 9.74. The minimum atomic E-state index is -0.447. The lowest BCUT2D eigenvalue weighted by Crippen LogP contribution is -2.28. The van der Waals surface area contributed by atoms with Crippen molar-refractivity contribution in [2.24, 2.45) is 5.92 Å². The predicted molar refractivity (Wildman–Crippen MR) is 107 cm³/mol. The Balaban J connectivity index is 0.00000101. The predicted octanol–water partition coefficient (Wildman–Crippen LogP) is 0.252. The van der Waals surface area contributed by atoms with Crippen LogP contribution in [-0.2, 0) is 32.1 Å². The zero-order chi connectivity index (χ0) is 22.1. The van der Waals surface area contributed by atoms with Crippen molar-refractivity contribution in [1.82, 2.24) is 25.0 Å². The van der Waals surface area contributed by atoms with E-state index in [9.17, 15) is 14.4 Å². The van der Waals surface area contributed by atoms with Crippen LogP contribution in [0.25, 0.3) is 0 Å². The molecule has 2 aromatic rings. The highest BCUT2D eigenvalue weighted by molar-refractivity contribution is 7.15. The number of likely N-dealkylation sites (N-methyl/N-ethyl adjacent to an activating group) is 1. The van der Waals surface area contributed by atoms with E-state index in [0.29, 0.717) is 23.2 Å². The number of amides is 3. The summed E-state index contributed by atoms with van der Waals surface area (Å²) in [6.45, 7) is 0.477. The summed E-state index contributed by atoms with van der Waals surface area (Å²) in [5.41, 5.74) is 0.784. The molecule has 12 heteroatoms. The van der Waals surface area contributed by atoms with E-state index in [1.807, 2.05) is 18.2 Å². The number of anilines is 1. The quantitative estimate of drug-likeness (QED) is 0.615. The average molecular weight is 434 g/mol. The van der Waals surface area contributed by atoms with Gasteiger partial charge in [0.05, 0.1) is 24.6 Å². The normalized spacial score (nSPS) is 15.2. The van der Waals surface area contributed by atoms with Crippen LogP contribution in [0.3, 0.4) is 0 Å². The molecule has 2 N–H and O–H groups in total. The highest BCUT2D eigenvalue weighted by atomic mass is 32.1. The third kappa shape index (κ3) is 6.58. The number of rotatable bonds is 6. The maximum absolute atomic E-state index is 12.5. The Bertz CT molecular complexity index is 888. The van der Waals surface area contributed by atoms with E-state index in [1.165, 1.54) is 4.90 Å². The van der Waals surface area contributed by atoms with Crippen molar-refractivity contribution in [3.63, 3.8) is 0 Å². The Morgan fingerprint density at radius 3 is 2.73 bits per heavy atom. The molecule has 30 heavy (non-hydrogen) atoms. The zero-order valence-corrected chi connectivity index (χ0v) is 17.3. The number of pyridine rings is 1. The molecule has 3 rings (SSSR count). The molecule has 0 aromatic carbocycles. The Morgan fingerprint density at radius 2 is 2.10 bits per heavy atom. The summed E-state index contributed by atoms with van der Waals surface area (Å²) in [5.74, 6) is -0.878. The van der Waals surface area contributed by atoms with Crippen LogP contribution < -0.4 is 5.32 Å². The number of likely N-dealkylation sites (tertiary alicyclic amines) is 1. The van der Waals surface area contributed by atoms with Crippen LogP contribution in [0, 0.1) is 5.92 Å². The molecule has 160 valence electrons. The minimum absolute atomic E-state index is 0.0738. The molecule has 11 nitrogen and oxygen atoms in total. The molecule has 0 radical (unpaired) electrons. The van der Waals surface area contributed by atoms with Gasteiger partial charge in [-0.15, -0.1) is 10.2 Å². The smallest absolute Gasteiger partial charge is 0.290 e. The molecule has 3 amide bonds. The second kappa shape index (κ2) is 11.0. The number of nitrogens with one attached hydrogen (secondary N) is 1. The monoisotopic (exact) mass is 434 g/mol. The molecule has 1 aliphatic rings. The number of carbonyl (C=O) groups excluding carboxylic acids is 3. The van der Waals surface area contributed by atoms with E-state index in [4.69, 9.17) is 9.90 Å². The molecule has 0 saturated carbocycles. The van der Waals surface area contributed by atoms with Crippen molar-refractivity contribution in [1.29, 1.82) is 0 Å². The molecule has 0 spiro atoms. The number of nitrogens with zero attached hydrogens (tertiary/aromatic N) is 5. The lowest BCUT2D eigenvalue weighted by Gasteiger charge is -2.15. The van der Waals surface area contributed by atoms with Gasteiger partial charge in [0, 0.05) is 33.3 Å². The third-order valence-corrected chi connectivity index (χ3v) is 5.00. The molecular formula is C18H22N6O5S. The molecule has 0 bridgehead atoms. The molecule has 3 heterocycles. The second-order valence-corrected chi connectivity index (χ2v) is 7.62. The van der Waals surface area contributed by atoms with Gasteiger partial charge in [0.25, 0.3) is 6.47 Å². The molecule has 1 unspecified atom stereocenters. The van der Waals surface area contributed by atoms with Gasteiger partial charge < -0.3 is 20.2 Å². The summed E-state index contributed by atoms with van der Waals surface area (Å²) in [5, 5.41) is 18.3. The van der Waals surface area contributed by atoms with E-state index >= 15 is 0 Å². The van der Waals surface area contributed by atoms with Crippen molar-refractivity contribution in [2.45, 2.75) is 19.4 Å². The van der Waals surface area contributed by atoms with Crippen LogP contribution in [0.4, 0.5) is 5.13 Å². The molecule has 1 atom stereocenters. The SMILES string of the molecule is CN(C)C(=O)Cc1nnc(NC(=O)C2CC(=O)N(Cc3ccccn3)C2)s1.O=CO. The highest BCUT2D eigenvalue weighted by Gasteiger charge is 2.34. The van der Waals surface area contributed by atoms with Crippen molar-refractivity contribution in [2.75, 3.05) is 26.0 Å². The van der Waals surface area contributed by atoms with Gasteiger partial charge in [0.2, 0.25) is 22.9 Å². The van der Waals surface area contributed by atoms with Gasteiger partial charge in [-0.2, -0.15) is 0 Å². The first kappa shape index (κ1) is 22.9. The van der Waals surface area contributed by atoms with E-state index in [2.05, 4.69) is 20.5 Å². The Labute approximate surface area is 176 Å². The van der Waals surface area contributed by atoms with Crippen molar-refractivity contribution in [3.8, 4) is 0 Å². The summed E-state index contributed by atoms with van der Waals surface area (Å²) in [4.78, 5) is 52.0. The van der Waals surface area contributed by atoms with E-state index in [0.717, 1.165) is 17.0 Å². The fourth-order valence-corrected chi connectivity index (χ4v) is 3.39. The number of hydrogen-bond donors (Lipinski definition) is 2. The standard InChI is InChI=1S/C17H20N6O3S.CH2O2/c1-22(2)14(24)8-13-20-21-17(27-13)19-16(26)11-7-15(25)23(9-11)10-12-5-3-4-6-18-12;2-1-3/h3-6,11H,7-10H2,1-2H3,(H,19,21,26);1H,(H,2,3). The average Bonchev–Trinajstić information content (AvgIpc) is 3.29. The Hall–Kier alpha value is -3.41. The first-order valence-electron chi connectivity index (χ1n) is 8.93. The van der Waals surface area contributed by atoms with Gasteiger partial charge in [-0.1, -0.05) is 17.4 Å². The number of aromatic nitrogens is 3. The van der Waals surface area contributed by atoms with Crippen molar-refractivity contribution >= 4 is 40.7 Å². The molecule has 1 fully saturated rings. The molecule has 2 aromatic heterocycles. The van der Waals surface area contributed by atoms with Crippen LogP contribution in [0.15, 0.2) is 24.4 Å². The largest absolute Gasteiger partial charge is 0.483 e. The van der Waals surface area contributed by atoms with Crippen molar-refractivity contribution < 1.29 is 24.3 Å². The molecular weight excluding hydrogens is 412 g/mol. The molecule has 1 saturated heterocycles. The van der Waals surface area contributed by atoms with Gasteiger partial charge in [-0.25, -0.2) is 0 Å². The fourth-order valence-electron chi connectivity index (χ4n) is 2.66. The summed E-state index contributed by atoms with van der Waals surface area (Å²) < 4.78 is 0. The highest BCUT2D eigenvalue weighted by Crippen LogP contribution is 2.23. The van der Waals surface area contributed by atoms with Crippen LogP contribution in [0.1, 0.15) is 17.1 Å². The summed E-state index contributed by atoms with van der Waals surface area (Å²) in [6.07, 6.45) is 1.97. The van der Waals surface area contributed by atoms with Crippen LogP contribution in [0.5, 0.6) is 0 Å². The Kier molecular flexibility index (Phi) is 8.35. The molecule has 1 aliphatic heterocycles. The Morgan fingerprint density at radius 1 is 1.37 bits per heavy atom. The number of hydrogen-bond acceptors (Lipinski definition) is 8. The van der Waals surface area contributed by atoms with E-state index in [-0.39, 0.29) is 37.0 Å². The van der Waals surface area contributed by atoms with Gasteiger partial charge >= 0.3 is 0 Å². The second-order valence-electron chi connectivity index (χ2n) is 6.56. The van der Waals surface area contributed by atoms with Gasteiger partial charge in [-0.05, 0) is 12.1 Å². The first-order chi connectivity index (χ1) is 14.3. The van der Waals surface area contributed by atoms with Gasteiger partial charge in [0.15, 0.2) is 0 Å². The summed E-state index contributed by atoms with van der Waals surface area (Å²) >= 11 is 1.16. The summed E-state index contributed by atoms with van der Waals surface area (Å²) in [7, 11) is 3.33. The van der Waals surface area contributed by atoms with Crippen LogP contribution in [-0.4, -0.2) is 74.9 Å². The van der Waals surface area contributed by atoms with Crippen LogP contribution in [0.2, 0.25) is 0 Å². The summed E-state index contributed by atoms with van der Waals surface area (Å²) in [6, 6.07) is 5.52. The number of carboxylic acid groups (broad SMARTS) is 1. The lowest BCUT2D eigenvalue weighted by atomic mass is 10.1. The van der Waals surface area contributed by atoms with Crippen LogP contribution >= 0.6 is 11.3 Å². The van der Waals surface area contributed by atoms with Crippen molar-refractivity contribution in [3.05, 3.63) is 35.1 Å². The topological polar surface area (TPSA) is 146 Å². The maximum atomic E-state index is 12.5. The van der Waals surface area contributed by atoms with E-state index in [1.54, 1.807) is 25.2 Å². The zero-order valence-electron chi connectivity index (χ0n) is 16.5. The number of carbonyl (C=O) groups is 4. The third-order valence-electron chi connectivity index (χ3n) is 4.16. The van der Waals surface area contributed by atoms with Gasteiger partial charge in [-0.3, -0.25) is 24.2 Å². The lowest BCUT2D eigenvalue weighted by molar-refractivity contribution is -0.129. The minimum Gasteiger partial charge on any atom is -0.483 e.